The highest BCUT2D eigenvalue weighted by Gasteiger charge is 2.36. The Morgan fingerprint density at radius 3 is 2.66 bits per heavy atom. The van der Waals surface area contributed by atoms with Crippen molar-refractivity contribution in [1.29, 1.82) is 0 Å². The van der Waals surface area contributed by atoms with Gasteiger partial charge in [0.05, 0.1) is 16.1 Å². The Bertz CT molecular complexity index is 1130. The molecule has 0 bridgehead atoms. The van der Waals surface area contributed by atoms with E-state index >= 15 is 0 Å². The summed E-state index contributed by atoms with van der Waals surface area (Å²) in [5.41, 5.74) is 1.74. The predicted octanol–water partition coefficient (Wildman–Crippen LogP) is 3.24. The van der Waals surface area contributed by atoms with E-state index in [4.69, 9.17) is 4.74 Å². The molecule has 1 amide bonds. The molecule has 0 N–H and O–H groups in total. The van der Waals surface area contributed by atoms with Crippen molar-refractivity contribution in [3.8, 4) is 0 Å². The molecule has 0 spiro atoms. The highest BCUT2D eigenvalue weighted by atomic mass is 32.2. The molecule has 2 unspecified atom stereocenters. The van der Waals surface area contributed by atoms with Gasteiger partial charge >= 0.3 is 5.97 Å². The van der Waals surface area contributed by atoms with Gasteiger partial charge in [-0.3, -0.25) is 9.10 Å². The number of benzene rings is 2. The van der Waals surface area contributed by atoms with Gasteiger partial charge in [-0.2, -0.15) is 0 Å². The number of sulfonamides is 1. The lowest BCUT2D eigenvalue weighted by atomic mass is 10.0. The Morgan fingerprint density at radius 2 is 1.88 bits per heavy atom. The van der Waals surface area contributed by atoms with Crippen molar-refractivity contribution < 1.29 is 22.7 Å². The van der Waals surface area contributed by atoms with Crippen LogP contribution in [0.4, 0.5) is 5.69 Å². The molecule has 1 saturated heterocycles. The van der Waals surface area contributed by atoms with Gasteiger partial charge in [0.2, 0.25) is 0 Å². The SMILES string of the molecule is CC1CCCN(C(=O)COC(=O)c2cccc(S(=O)(=O)N3c4ccccc4CC3C)c2)C1. The molecule has 7 nitrogen and oxygen atoms in total. The monoisotopic (exact) mass is 456 g/mol. The number of hydrogen-bond donors (Lipinski definition) is 0. The van der Waals surface area contributed by atoms with E-state index in [0.29, 0.717) is 31.1 Å². The number of amides is 1. The predicted molar refractivity (Wildman–Crippen MR) is 121 cm³/mol. The lowest BCUT2D eigenvalue weighted by molar-refractivity contribution is -0.136. The van der Waals surface area contributed by atoms with Crippen LogP contribution in [0.3, 0.4) is 0 Å². The maximum atomic E-state index is 13.4. The summed E-state index contributed by atoms with van der Waals surface area (Å²) in [7, 11) is -3.86. The Balaban J connectivity index is 1.48. The van der Waals surface area contributed by atoms with E-state index < -0.39 is 16.0 Å². The van der Waals surface area contributed by atoms with Crippen LogP contribution < -0.4 is 4.31 Å². The molecular weight excluding hydrogens is 428 g/mol. The molecule has 8 heteroatoms. The van der Waals surface area contributed by atoms with Gasteiger partial charge in [-0.15, -0.1) is 0 Å². The fraction of sp³-hybridized carbons (Fsp3) is 0.417. The minimum Gasteiger partial charge on any atom is -0.452 e. The van der Waals surface area contributed by atoms with E-state index in [-0.39, 0.29) is 29.0 Å². The standard InChI is InChI=1S/C24H28N2O5S/c1-17-7-6-12-25(15-17)23(27)16-31-24(28)20-9-5-10-21(14-20)32(29,30)26-18(2)13-19-8-3-4-11-22(19)26/h3-5,8-11,14,17-18H,6-7,12-13,15-16H2,1-2H3. The first kappa shape index (κ1) is 22.3. The number of likely N-dealkylation sites (tertiary alicyclic amines) is 1. The minimum atomic E-state index is -3.86. The molecule has 0 aromatic heterocycles. The molecule has 0 aliphatic carbocycles. The Kier molecular flexibility index (Phi) is 6.24. The van der Waals surface area contributed by atoms with Crippen LogP contribution in [0, 0.1) is 5.92 Å². The van der Waals surface area contributed by atoms with E-state index in [1.165, 1.54) is 28.6 Å². The first-order valence-corrected chi connectivity index (χ1v) is 12.4. The molecule has 1 fully saturated rings. The lowest BCUT2D eigenvalue weighted by Crippen LogP contribution is -2.41. The summed E-state index contributed by atoms with van der Waals surface area (Å²) in [6.45, 7) is 4.95. The fourth-order valence-electron chi connectivity index (χ4n) is 4.52. The topological polar surface area (TPSA) is 84.0 Å². The average Bonchev–Trinajstić information content (AvgIpc) is 3.13. The summed E-state index contributed by atoms with van der Waals surface area (Å²) < 4.78 is 33.4. The quantitative estimate of drug-likeness (QED) is 0.645. The summed E-state index contributed by atoms with van der Waals surface area (Å²) in [5, 5.41) is 0. The number of carbonyl (C=O) groups excluding carboxylic acids is 2. The van der Waals surface area contributed by atoms with E-state index in [1.54, 1.807) is 11.0 Å². The second-order valence-corrected chi connectivity index (χ2v) is 10.5. The first-order chi connectivity index (χ1) is 15.3. The van der Waals surface area contributed by atoms with Crippen LogP contribution in [0.2, 0.25) is 0 Å². The summed E-state index contributed by atoms with van der Waals surface area (Å²) >= 11 is 0. The van der Waals surface area contributed by atoms with Crippen LogP contribution in [-0.4, -0.2) is 50.9 Å². The second-order valence-electron chi connectivity index (χ2n) is 8.67. The average molecular weight is 457 g/mol. The van der Waals surface area contributed by atoms with Crippen LogP contribution in [0.1, 0.15) is 42.6 Å². The first-order valence-electron chi connectivity index (χ1n) is 10.9. The molecule has 2 aliphatic rings. The maximum Gasteiger partial charge on any atom is 0.338 e. The van der Waals surface area contributed by atoms with Crippen LogP contribution in [0.15, 0.2) is 53.4 Å². The number of hydrogen-bond acceptors (Lipinski definition) is 5. The van der Waals surface area contributed by atoms with Gasteiger partial charge in [0, 0.05) is 19.1 Å². The molecule has 0 radical (unpaired) electrons. The molecule has 4 rings (SSSR count). The highest BCUT2D eigenvalue weighted by Crippen LogP contribution is 2.36. The number of rotatable bonds is 5. The van der Waals surface area contributed by atoms with Crippen molar-refractivity contribution in [1.82, 2.24) is 4.90 Å². The molecule has 170 valence electrons. The number of piperidine rings is 1. The fourth-order valence-corrected chi connectivity index (χ4v) is 6.26. The van der Waals surface area contributed by atoms with Gasteiger partial charge in [0.1, 0.15) is 0 Å². The van der Waals surface area contributed by atoms with Crippen molar-refractivity contribution in [2.75, 3.05) is 24.0 Å². The number of carbonyl (C=O) groups is 2. The van der Waals surface area contributed by atoms with Gasteiger partial charge in [-0.1, -0.05) is 31.2 Å². The van der Waals surface area contributed by atoms with E-state index in [2.05, 4.69) is 6.92 Å². The van der Waals surface area contributed by atoms with Gasteiger partial charge in [-0.05, 0) is 61.9 Å². The molecule has 2 atom stereocenters. The molecule has 32 heavy (non-hydrogen) atoms. The van der Waals surface area contributed by atoms with Gasteiger partial charge in [0.25, 0.3) is 15.9 Å². The zero-order valence-electron chi connectivity index (χ0n) is 18.4. The van der Waals surface area contributed by atoms with Crippen LogP contribution in [-0.2, 0) is 26.0 Å². The number of nitrogens with zero attached hydrogens (tertiary/aromatic N) is 2. The van der Waals surface area contributed by atoms with Crippen LogP contribution in [0.25, 0.3) is 0 Å². The summed E-state index contributed by atoms with van der Waals surface area (Å²) in [5.74, 6) is -0.505. The van der Waals surface area contributed by atoms with Crippen molar-refractivity contribution in [3.05, 3.63) is 59.7 Å². The number of ether oxygens (including phenoxy) is 1. The highest BCUT2D eigenvalue weighted by molar-refractivity contribution is 7.92. The Hall–Kier alpha value is -2.87. The minimum absolute atomic E-state index is 0.0201. The molecule has 2 aromatic rings. The number of para-hydroxylation sites is 1. The van der Waals surface area contributed by atoms with Gasteiger partial charge in [-0.25, -0.2) is 13.2 Å². The Morgan fingerprint density at radius 1 is 1.09 bits per heavy atom. The molecule has 2 heterocycles. The maximum absolute atomic E-state index is 13.4. The van der Waals surface area contributed by atoms with Crippen molar-refractivity contribution in [3.63, 3.8) is 0 Å². The lowest BCUT2D eigenvalue weighted by Gasteiger charge is -2.30. The smallest absolute Gasteiger partial charge is 0.338 e. The molecule has 0 saturated carbocycles. The molecular formula is C24H28N2O5S. The zero-order valence-corrected chi connectivity index (χ0v) is 19.2. The largest absolute Gasteiger partial charge is 0.452 e. The molecule has 2 aromatic carbocycles. The number of anilines is 1. The van der Waals surface area contributed by atoms with Crippen molar-refractivity contribution >= 4 is 27.6 Å². The van der Waals surface area contributed by atoms with E-state index in [1.807, 2.05) is 25.1 Å². The van der Waals surface area contributed by atoms with Crippen molar-refractivity contribution in [2.45, 2.75) is 44.0 Å². The third-order valence-corrected chi connectivity index (χ3v) is 8.03. The zero-order chi connectivity index (χ0) is 22.9. The third kappa shape index (κ3) is 4.37. The van der Waals surface area contributed by atoms with Gasteiger partial charge < -0.3 is 9.64 Å². The number of esters is 1. The third-order valence-electron chi connectivity index (χ3n) is 6.11. The number of fused-ring (bicyclic) bond motifs is 1. The second kappa shape index (κ2) is 8.94. The summed E-state index contributed by atoms with van der Waals surface area (Å²) in [4.78, 5) is 26.7. The van der Waals surface area contributed by atoms with E-state index in [0.717, 1.165) is 18.4 Å². The summed E-state index contributed by atoms with van der Waals surface area (Å²) in [6.07, 6.45) is 2.66. The van der Waals surface area contributed by atoms with Crippen LogP contribution >= 0.6 is 0 Å². The summed E-state index contributed by atoms with van der Waals surface area (Å²) in [6, 6.07) is 13.0. The van der Waals surface area contributed by atoms with E-state index in [9.17, 15) is 18.0 Å². The van der Waals surface area contributed by atoms with Crippen molar-refractivity contribution in [2.24, 2.45) is 5.92 Å². The Labute approximate surface area is 189 Å². The molecule has 2 aliphatic heterocycles. The normalized spacial score (nSPS) is 20.7. The van der Waals surface area contributed by atoms with Crippen LogP contribution in [0.5, 0.6) is 0 Å². The van der Waals surface area contributed by atoms with Gasteiger partial charge in [0.15, 0.2) is 6.61 Å².